The van der Waals surface area contributed by atoms with Gasteiger partial charge in [-0.1, -0.05) is 340 Å². The third-order valence-electron chi connectivity index (χ3n) is 15.7. The highest BCUT2D eigenvalue weighted by Crippen LogP contribution is 2.19. The maximum atomic E-state index is 12.8. The average Bonchev–Trinajstić information content (AvgIpc) is 3.42. The lowest BCUT2D eigenvalue weighted by Gasteiger charge is -2.18. The number of hydrogen-bond acceptors (Lipinski definition) is 6. The van der Waals surface area contributed by atoms with Gasteiger partial charge in [-0.25, -0.2) is 0 Å². The smallest absolute Gasteiger partial charge is 0.306 e. The van der Waals surface area contributed by atoms with Gasteiger partial charge in [-0.15, -0.1) is 0 Å². The zero-order valence-corrected chi connectivity index (χ0v) is 51.6. The fraction of sp³-hybridized carbons (Fsp3) is 0.900. The summed E-state index contributed by atoms with van der Waals surface area (Å²) in [6.07, 6.45) is 79.6. The van der Waals surface area contributed by atoms with Crippen molar-refractivity contribution in [2.75, 3.05) is 13.2 Å². The van der Waals surface area contributed by atoms with E-state index in [-0.39, 0.29) is 31.1 Å². The van der Waals surface area contributed by atoms with Crippen molar-refractivity contribution in [2.24, 2.45) is 0 Å². The Kier molecular flexibility index (Phi) is 63.6. The van der Waals surface area contributed by atoms with Crippen molar-refractivity contribution in [3.05, 3.63) is 24.3 Å². The Labute approximate surface area is 474 Å². The van der Waals surface area contributed by atoms with Crippen LogP contribution in [0.15, 0.2) is 24.3 Å². The molecule has 0 aromatic carbocycles. The third-order valence-corrected chi connectivity index (χ3v) is 15.7. The fourth-order valence-electron chi connectivity index (χ4n) is 10.5. The van der Waals surface area contributed by atoms with E-state index in [1.807, 2.05) is 0 Å². The highest BCUT2D eigenvalue weighted by atomic mass is 16.6. The van der Waals surface area contributed by atoms with Gasteiger partial charge >= 0.3 is 17.9 Å². The molecule has 0 spiro atoms. The van der Waals surface area contributed by atoms with Gasteiger partial charge in [0.2, 0.25) is 0 Å². The van der Waals surface area contributed by atoms with Crippen molar-refractivity contribution >= 4 is 17.9 Å². The van der Waals surface area contributed by atoms with E-state index in [1.165, 1.54) is 270 Å². The summed E-state index contributed by atoms with van der Waals surface area (Å²) in [6, 6.07) is 0. The number of carbonyl (C=O) groups is 3. The maximum absolute atomic E-state index is 12.8. The van der Waals surface area contributed by atoms with E-state index in [9.17, 15) is 14.4 Å². The molecule has 76 heavy (non-hydrogen) atoms. The summed E-state index contributed by atoms with van der Waals surface area (Å²) in [6.45, 7) is 6.64. The molecule has 0 bridgehead atoms. The van der Waals surface area contributed by atoms with Crippen molar-refractivity contribution in [3.63, 3.8) is 0 Å². The van der Waals surface area contributed by atoms with Gasteiger partial charge in [0.05, 0.1) is 0 Å². The van der Waals surface area contributed by atoms with Crippen LogP contribution < -0.4 is 0 Å². The molecule has 0 heterocycles. The molecule has 448 valence electrons. The van der Waals surface area contributed by atoms with Crippen LogP contribution in [0.4, 0.5) is 0 Å². The van der Waals surface area contributed by atoms with Gasteiger partial charge in [0.25, 0.3) is 0 Å². The summed E-state index contributed by atoms with van der Waals surface area (Å²) in [5, 5.41) is 0. The topological polar surface area (TPSA) is 78.9 Å². The van der Waals surface area contributed by atoms with Crippen LogP contribution in [0, 0.1) is 0 Å². The molecule has 6 nitrogen and oxygen atoms in total. The molecule has 0 amide bonds. The first-order valence-electron chi connectivity index (χ1n) is 34.3. The number of unbranched alkanes of at least 4 members (excludes halogenated alkanes) is 49. The monoisotopic (exact) mass is 1070 g/mol. The first-order chi connectivity index (χ1) is 37.5. The lowest BCUT2D eigenvalue weighted by Crippen LogP contribution is -2.30. The maximum Gasteiger partial charge on any atom is 0.306 e. The summed E-state index contributed by atoms with van der Waals surface area (Å²) in [4.78, 5) is 38.1. The lowest BCUT2D eigenvalue weighted by atomic mass is 10.0. The summed E-state index contributed by atoms with van der Waals surface area (Å²) in [5.74, 6) is -0.865. The first kappa shape index (κ1) is 73.9. The minimum atomic E-state index is -0.774. The van der Waals surface area contributed by atoms with Gasteiger partial charge < -0.3 is 14.2 Å². The van der Waals surface area contributed by atoms with Gasteiger partial charge in [-0.3, -0.25) is 14.4 Å². The largest absolute Gasteiger partial charge is 0.462 e. The molecule has 0 radical (unpaired) electrons. The van der Waals surface area contributed by atoms with Crippen LogP contribution in [0.3, 0.4) is 0 Å². The molecule has 0 aliphatic carbocycles. The minimum absolute atomic E-state index is 0.0717. The van der Waals surface area contributed by atoms with E-state index in [0.29, 0.717) is 19.3 Å². The highest BCUT2D eigenvalue weighted by Gasteiger charge is 2.19. The van der Waals surface area contributed by atoms with Gasteiger partial charge in [-0.2, -0.15) is 0 Å². The van der Waals surface area contributed by atoms with Crippen LogP contribution in [0.1, 0.15) is 387 Å². The Balaban J connectivity index is 3.96. The zero-order valence-electron chi connectivity index (χ0n) is 51.6. The van der Waals surface area contributed by atoms with Gasteiger partial charge in [0, 0.05) is 19.3 Å². The molecule has 0 aromatic heterocycles. The second-order valence-electron chi connectivity index (χ2n) is 23.5. The predicted octanol–water partition coefficient (Wildman–Crippen LogP) is 23.4. The number of carbonyl (C=O) groups excluding carboxylic acids is 3. The predicted molar refractivity (Wildman–Crippen MR) is 330 cm³/mol. The fourth-order valence-corrected chi connectivity index (χ4v) is 10.5. The zero-order chi connectivity index (χ0) is 55.0. The molecule has 1 unspecified atom stereocenters. The summed E-state index contributed by atoms with van der Waals surface area (Å²) < 4.78 is 16.9. The van der Waals surface area contributed by atoms with Gasteiger partial charge in [0.15, 0.2) is 6.10 Å². The summed E-state index contributed by atoms with van der Waals surface area (Å²) in [7, 11) is 0. The molecular formula is C70H132O6. The molecule has 0 rings (SSSR count). The van der Waals surface area contributed by atoms with E-state index in [2.05, 4.69) is 45.1 Å². The van der Waals surface area contributed by atoms with Crippen LogP contribution in [0.2, 0.25) is 0 Å². The normalized spacial score (nSPS) is 12.1. The molecule has 1 atom stereocenters. The van der Waals surface area contributed by atoms with Crippen LogP contribution in [0.25, 0.3) is 0 Å². The Morgan fingerprint density at radius 1 is 0.263 bits per heavy atom. The SMILES string of the molecule is CCCCC/C=C\C/C=C\CCCCCCCC(=O)OC(COC(=O)CCCCCCCCCCC)COC(=O)CCCCCCCCCCCCCCCCCCCCCCCCCCCCCCCCCCCC. The van der Waals surface area contributed by atoms with Crippen molar-refractivity contribution in [2.45, 2.75) is 393 Å². The number of ether oxygens (including phenoxy) is 3. The van der Waals surface area contributed by atoms with Gasteiger partial charge in [-0.05, 0) is 51.4 Å². The van der Waals surface area contributed by atoms with E-state index in [0.717, 1.165) is 77.0 Å². The number of hydrogen-bond donors (Lipinski definition) is 0. The molecule has 0 saturated carbocycles. The van der Waals surface area contributed by atoms with E-state index < -0.39 is 6.10 Å². The molecule has 0 aromatic rings. The van der Waals surface area contributed by atoms with Crippen LogP contribution in [-0.4, -0.2) is 37.2 Å². The summed E-state index contributed by atoms with van der Waals surface area (Å²) in [5.41, 5.74) is 0. The second kappa shape index (κ2) is 65.4. The number of esters is 3. The molecule has 0 saturated heterocycles. The van der Waals surface area contributed by atoms with E-state index in [4.69, 9.17) is 14.2 Å². The Hall–Kier alpha value is -2.11. The number of allylic oxidation sites excluding steroid dienone is 4. The van der Waals surface area contributed by atoms with Gasteiger partial charge in [0.1, 0.15) is 13.2 Å². The molecule has 0 aliphatic rings. The second-order valence-corrected chi connectivity index (χ2v) is 23.5. The van der Waals surface area contributed by atoms with Crippen LogP contribution in [-0.2, 0) is 28.6 Å². The molecule has 6 heteroatoms. The third kappa shape index (κ3) is 62.7. The van der Waals surface area contributed by atoms with E-state index >= 15 is 0 Å². The standard InChI is InChI=1S/C70H132O6/c1-4-7-10-13-16-19-21-23-25-26-27-28-29-30-31-32-33-34-35-36-37-38-39-40-41-42-43-45-46-48-51-54-57-60-63-69(72)75-66-67(65-74-68(71)62-59-56-53-50-18-15-12-9-6-3)76-70(73)64-61-58-55-52-49-47-44-24-22-20-17-14-11-8-5-2/h17,20,24,44,67H,4-16,18-19,21-23,25-43,45-66H2,1-3H3/b20-17-,44-24-. The molecule has 0 N–H and O–H groups in total. The Morgan fingerprint density at radius 2 is 0.474 bits per heavy atom. The first-order valence-corrected chi connectivity index (χ1v) is 34.3. The molecule has 0 fully saturated rings. The van der Waals surface area contributed by atoms with Crippen molar-refractivity contribution in [1.29, 1.82) is 0 Å². The van der Waals surface area contributed by atoms with Crippen LogP contribution >= 0.6 is 0 Å². The quantitative estimate of drug-likeness (QED) is 0.0261. The van der Waals surface area contributed by atoms with Crippen molar-refractivity contribution in [3.8, 4) is 0 Å². The van der Waals surface area contributed by atoms with E-state index in [1.54, 1.807) is 0 Å². The molecular weight excluding hydrogens is 937 g/mol. The average molecular weight is 1070 g/mol. The Morgan fingerprint density at radius 3 is 0.750 bits per heavy atom. The lowest BCUT2D eigenvalue weighted by molar-refractivity contribution is -0.167. The Bertz CT molecular complexity index is 1230. The highest BCUT2D eigenvalue weighted by molar-refractivity contribution is 5.71. The minimum Gasteiger partial charge on any atom is -0.462 e. The molecule has 0 aliphatic heterocycles. The van der Waals surface area contributed by atoms with Crippen molar-refractivity contribution in [1.82, 2.24) is 0 Å². The van der Waals surface area contributed by atoms with Crippen LogP contribution in [0.5, 0.6) is 0 Å². The van der Waals surface area contributed by atoms with Crippen molar-refractivity contribution < 1.29 is 28.6 Å². The summed E-state index contributed by atoms with van der Waals surface area (Å²) >= 11 is 0. The number of rotatable bonds is 64.